The summed E-state index contributed by atoms with van der Waals surface area (Å²) in [5, 5.41) is 22.1. The van der Waals surface area contributed by atoms with Gasteiger partial charge in [0.15, 0.2) is 0 Å². The molecule has 0 saturated heterocycles. The summed E-state index contributed by atoms with van der Waals surface area (Å²) in [4.78, 5) is 41.5. The normalized spacial score (nSPS) is 20.7. The van der Waals surface area contributed by atoms with E-state index in [4.69, 9.17) is 9.84 Å². The topological polar surface area (TPSA) is 119 Å². The maximum absolute atomic E-state index is 13.7. The smallest absolute Gasteiger partial charge is 0.335 e. The van der Waals surface area contributed by atoms with E-state index in [9.17, 15) is 19.5 Å². The van der Waals surface area contributed by atoms with Crippen molar-refractivity contribution < 1.29 is 29.3 Å². The molecule has 0 unspecified atom stereocenters. The average Bonchev–Trinajstić information content (AvgIpc) is 2.95. The van der Waals surface area contributed by atoms with E-state index in [1.54, 1.807) is 35.2 Å². The molecule has 0 aromatic heterocycles. The van der Waals surface area contributed by atoms with Crippen LogP contribution in [0.15, 0.2) is 42.5 Å². The summed E-state index contributed by atoms with van der Waals surface area (Å²) < 4.78 is 6.47. The number of aliphatic hydroxyl groups excluding tert-OH is 1. The predicted molar refractivity (Wildman–Crippen MR) is 153 cm³/mol. The number of benzene rings is 2. The third-order valence-corrected chi connectivity index (χ3v) is 8.05. The van der Waals surface area contributed by atoms with Crippen molar-refractivity contribution in [2.24, 2.45) is 11.8 Å². The van der Waals surface area contributed by atoms with Gasteiger partial charge < -0.3 is 25.2 Å². The highest BCUT2D eigenvalue weighted by atomic mass is 16.5. The molecule has 2 aromatic rings. The molecule has 2 amide bonds. The van der Waals surface area contributed by atoms with Gasteiger partial charge in [0.25, 0.3) is 5.91 Å². The lowest BCUT2D eigenvalue weighted by Gasteiger charge is -2.38. The molecule has 9 nitrogen and oxygen atoms in total. The minimum Gasteiger partial charge on any atom is -0.488 e. The first-order valence-corrected chi connectivity index (χ1v) is 14.2. The Labute approximate surface area is 236 Å². The number of nitrogens with zero attached hydrogens (tertiary/aromatic N) is 2. The summed E-state index contributed by atoms with van der Waals surface area (Å²) in [6.07, 6.45) is 4.80. The molecule has 40 heavy (non-hydrogen) atoms. The number of fused-ring (bicyclic) bond motifs is 1. The zero-order chi connectivity index (χ0) is 28.8. The molecule has 1 heterocycles. The van der Waals surface area contributed by atoms with Gasteiger partial charge in [-0.15, -0.1) is 0 Å². The molecule has 2 aliphatic rings. The number of carboxylic acid groups (broad SMARTS) is 1. The molecule has 3 atom stereocenters. The summed E-state index contributed by atoms with van der Waals surface area (Å²) in [7, 11) is 1.98. The van der Waals surface area contributed by atoms with Gasteiger partial charge in [-0.05, 0) is 62.7 Å². The second kappa shape index (κ2) is 13.3. The van der Waals surface area contributed by atoms with Crippen LogP contribution in [-0.2, 0) is 11.3 Å². The fourth-order valence-corrected chi connectivity index (χ4v) is 5.56. The first-order chi connectivity index (χ1) is 19.2. The molecule has 216 valence electrons. The van der Waals surface area contributed by atoms with Gasteiger partial charge in [-0.2, -0.15) is 0 Å². The number of aromatic carboxylic acids is 1. The first kappa shape index (κ1) is 29.6. The van der Waals surface area contributed by atoms with Gasteiger partial charge in [0, 0.05) is 37.2 Å². The minimum absolute atomic E-state index is 0.00489. The van der Waals surface area contributed by atoms with Crippen molar-refractivity contribution in [3.05, 3.63) is 59.2 Å². The van der Waals surface area contributed by atoms with Gasteiger partial charge >= 0.3 is 5.97 Å². The van der Waals surface area contributed by atoms with Crippen molar-refractivity contribution in [3.8, 4) is 5.75 Å². The van der Waals surface area contributed by atoms with Crippen LogP contribution in [0.25, 0.3) is 0 Å². The second-order valence-electron chi connectivity index (χ2n) is 11.4. The van der Waals surface area contributed by atoms with Crippen molar-refractivity contribution >= 4 is 23.5 Å². The molecule has 1 aliphatic heterocycles. The Morgan fingerprint density at radius 1 is 1.12 bits per heavy atom. The average molecular weight is 552 g/mol. The van der Waals surface area contributed by atoms with Gasteiger partial charge in [0.1, 0.15) is 11.9 Å². The predicted octanol–water partition coefficient (Wildman–Crippen LogP) is 4.26. The first-order valence-electron chi connectivity index (χ1n) is 14.2. The molecule has 0 bridgehead atoms. The van der Waals surface area contributed by atoms with Crippen molar-refractivity contribution in [1.82, 2.24) is 9.80 Å². The van der Waals surface area contributed by atoms with Crippen molar-refractivity contribution in [1.29, 1.82) is 0 Å². The number of likely N-dealkylation sites (N-methyl/N-ethyl adjacent to an activating group) is 1. The Bertz CT molecular complexity index is 1190. The van der Waals surface area contributed by atoms with Crippen LogP contribution in [0, 0.1) is 11.8 Å². The lowest BCUT2D eigenvalue weighted by atomic mass is 9.88. The highest BCUT2D eigenvalue weighted by Gasteiger charge is 2.34. The Kier molecular flexibility index (Phi) is 9.81. The molecule has 2 aromatic carbocycles. The lowest BCUT2D eigenvalue weighted by Crippen LogP contribution is -2.49. The van der Waals surface area contributed by atoms with Gasteiger partial charge in [-0.3, -0.25) is 14.5 Å². The molecule has 1 saturated carbocycles. The molecule has 1 aliphatic carbocycles. The Morgan fingerprint density at radius 2 is 1.82 bits per heavy atom. The number of ether oxygens (including phenoxy) is 1. The lowest BCUT2D eigenvalue weighted by molar-refractivity contribution is -0.120. The summed E-state index contributed by atoms with van der Waals surface area (Å²) in [5.74, 6) is -0.787. The second-order valence-corrected chi connectivity index (χ2v) is 11.4. The minimum atomic E-state index is -0.955. The summed E-state index contributed by atoms with van der Waals surface area (Å²) in [6, 6.07) is 11.7. The van der Waals surface area contributed by atoms with Gasteiger partial charge in [0.05, 0.1) is 23.8 Å². The molecule has 0 radical (unpaired) electrons. The van der Waals surface area contributed by atoms with E-state index in [1.807, 2.05) is 33.0 Å². The number of carbonyl (C=O) groups excluding carboxylic acids is 2. The zero-order valence-electron chi connectivity index (χ0n) is 23.6. The van der Waals surface area contributed by atoms with Crippen LogP contribution in [0.1, 0.15) is 72.2 Å². The fourth-order valence-electron chi connectivity index (χ4n) is 5.56. The highest BCUT2D eigenvalue weighted by molar-refractivity contribution is 6.00. The number of carboxylic acids is 1. The SMILES string of the molecule is C[C@@H]1CN([C@H](C)CO)C(=O)c2cc(NC(=O)C3CCCCC3)ccc2O[C@@H]1CN(C)Cc1ccc(C(=O)O)cc1. The van der Waals surface area contributed by atoms with E-state index < -0.39 is 5.97 Å². The van der Waals surface area contributed by atoms with E-state index in [2.05, 4.69) is 10.2 Å². The summed E-state index contributed by atoms with van der Waals surface area (Å²) in [6.45, 7) is 5.27. The number of amides is 2. The number of carbonyl (C=O) groups is 3. The zero-order valence-corrected chi connectivity index (χ0v) is 23.6. The number of nitrogens with one attached hydrogen (secondary N) is 1. The largest absolute Gasteiger partial charge is 0.488 e. The molecular formula is C31H41N3O6. The Morgan fingerprint density at radius 3 is 2.48 bits per heavy atom. The molecule has 1 fully saturated rings. The quantitative estimate of drug-likeness (QED) is 0.426. The Hall–Kier alpha value is -3.43. The van der Waals surface area contributed by atoms with E-state index in [-0.39, 0.29) is 48.0 Å². The van der Waals surface area contributed by atoms with Crippen LogP contribution < -0.4 is 10.1 Å². The van der Waals surface area contributed by atoms with Crippen LogP contribution >= 0.6 is 0 Å². The van der Waals surface area contributed by atoms with Crippen molar-refractivity contribution in [3.63, 3.8) is 0 Å². The number of anilines is 1. The number of hydrogen-bond donors (Lipinski definition) is 3. The molecule has 0 spiro atoms. The number of rotatable bonds is 9. The maximum atomic E-state index is 13.7. The van der Waals surface area contributed by atoms with Crippen LogP contribution in [0.5, 0.6) is 5.75 Å². The van der Waals surface area contributed by atoms with E-state index in [0.717, 1.165) is 31.2 Å². The molecular weight excluding hydrogens is 510 g/mol. The standard InChI is InChI=1S/C31H41N3O6/c1-20-16-34(21(2)19-35)30(37)26-15-25(32-29(36)23-7-5-4-6-8-23)13-14-27(26)40-28(20)18-33(3)17-22-9-11-24(12-10-22)31(38)39/h9-15,20-21,23,28,35H,4-8,16-19H2,1-3H3,(H,32,36)(H,38,39)/t20-,21-,28-/m1/s1. The van der Waals surface area contributed by atoms with E-state index in [0.29, 0.717) is 36.6 Å². The molecule has 9 heteroatoms. The van der Waals surface area contributed by atoms with E-state index in [1.165, 1.54) is 6.42 Å². The Balaban J connectivity index is 1.54. The van der Waals surface area contributed by atoms with Gasteiger partial charge in [0.2, 0.25) is 5.91 Å². The van der Waals surface area contributed by atoms with Gasteiger partial charge in [-0.1, -0.05) is 38.3 Å². The van der Waals surface area contributed by atoms with E-state index >= 15 is 0 Å². The van der Waals surface area contributed by atoms with Crippen LogP contribution in [0.3, 0.4) is 0 Å². The third kappa shape index (κ3) is 7.20. The van der Waals surface area contributed by atoms with Crippen LogP contribution in [0.4, 0.5) is 5.69 Å². The van der Waals surface area contributed by atoms with Crippen LogP contribution in [0.2, 0.25) is 0 Å². The number of aliphatic hydroxyl groups is 1. The molecule has 4 rings (SSSR count). The summed E-state index contributed by atoms with van der Waals surface area (Å²) >= 11 is 0. The maximum Gasteiger partial charge on any atom is 0.335 e. The third-order valence-electron chi connectivity index (χ3n) is 8.05. The summed E-state index contributed by atoms with van der Waals surface area (Å²) in [5.41, 5.74) is 2.16. The highest BCUT2D eigenvalue weighted by Crippen LogP contribution is 2.32. The van der Waals surface area contributed by atoms with Crippen molar-refractivity contribution in [2.75, 3.05) is 32.1 Å². The van der Waals surface area contributed by atoms with Crippen molar-refractivity contribution in [2.45, 2.75) is 64.6 Å². The van der Waals surface area contributed by atoms with Crippen LogP contribution in [-0.4, -0.2) is 76.7 Å². The monoisotopic (exact) mass is 551 g/mol. The fraction of sp³-hybridized carbons (Fsp3) is 0.516. The number of hydrogen-bond acceptors (Lipinski definition) is 6. The van der Waals surface area contributed by atoms with Gasteiger partial charge in [-0.25, -0.2) is 4.79 Å². The molecule has 3 N–H and O–H groups in total.